The summed E-state index contributed by atoms with van der Waals surface area (Å²) < 4.78 is 16.9. The summed E-state index contributed by atoms with van der Waals surface area (Å²) in [5.74, 6) is -0.126. The highest BCUT2D eigenvalue weighted by Gasteiger charge is 2.42. The molecular formula is C14H24Cl2N2O3. The Morgan fingerprint density at radius 2 is 1.57 bits per heavy atom. The van der Waals surface area contributed by atoms with Gasteiger partial charge in [-0.2, -0.15) is 0 Å². The molecule has 0 bridgehead atoms. The molecule has 1 aromatic rings. The van der Waals surface area contributed by atoms with Crippen LogP contribution in [0.25, 0.3) is 0 Å². The van der Waals surface area contributed by atoms with Gasteiger partial charge in [0, 0.05) is 40.4 Å². The molecule has 1 aliphatic rings. The van der Waals surface area contributed by atoms with E-state index in [2.05, 4.69) is 10.2 Å². The summed E-state index contributed by atoms with van der Waals surface area (Å²) in [6.45, 7) is 3.56. The van der Waals surface area contributed by atoms with Gasteiger partial charge in [-0.1, -0.05) is 12.1 Å². The Kier molecular flexibility index (Phi) is 9.20. The Hall–Kier alpha value is -0.560. The number of ether oxygens (including phenoxy) is 3. The van der Waals surface area contributed by atoms with Crippen LogP contribution in [0.3, 0.4) is 0 Å². The van der Waals surface area contributed by atoms with Crippen molar-refractivity contribution in [3.05, 3.63) is 29.8 Å². The van der Waals surface area contributed by atoms with Gasteiger partial charge in [0.1, 0.15) is 5.75 Å². The first-order valence-electron chi connectivity index (χ1n) is 6.48. The van der Waals surface area contributed by atoms with E-state index in [0.29, 0.717) is 0 Å². The van der Waals surface area contributed by atoms with Crippen LogP contribution in [0.15, 0.2) is 24.3 Å². The zero-order valence-electron chi connectivity index (χ0n) is 12.6. The number of rotatable bonds is 5. The van der Waals surface area contributed by atoms with Crippen molar-refractivity contribution < 1.29 is 14.2 Å². The maximum Gasteiger partial charge on any atom is 0.261 e. The number of benzene rings is 1. The summed E-state index contributed by atoms with van der Waals surface area (Å²) >= 11 is 0. The number of methoxy groups -OCH3 is 3. The van der Waals surface area contributed by atoms with E-state index < -0.39 is 5.91 Å². The van der Waals surface area contributed by atoms with Gasteiger partial charge in [-0.15, -0.1) is 24.8 Å². The lowest BCUT2D eigenvalue weighted by Crippen LogP contribution is -2.56. The molecule has 7 heteroatoms. The van der Waals surface area contributed by atoms with E-state index in [9.17, 15) is 0 Å². The van der Waals surface area contributed by atoms with Gasteiger partial charge in [-0.3, -0.25) is 0 Å². The maximum absolute atomic E-state index is 5.75. The second-order valence-corrected chi connectivity index (χ2v) is 4.43. The standard InChI is InChI=1S/C14H22N2O3.2ClH/c1-17-13-7-5-4-6-12(13)14(18-2,19-3)16-10-8-15-9-11-16;;/h4-7,15H,8-11H2,1-3H3;2*1H. The summed E-state index contributed by atoms with van der Waals surface area (Å²) in [7, 11) is 4.99. The van der Waals surface area contributed by atoms with Gasteiger partial charge in [0.25, 0.3) is 5.91 Å². The average Bonchev–Trinajstić information content (AvgIpc) is 2.51. The molecule has 0 amide bonds. The first-order chi connectivity index (χ1) is 9.28. The van der Waals surface area contributed by atoms with Crippen LogP contribution >= 0.6 is 24.8 Å². The molecule has 1 fully saturated rings. The third-order valence-electron chi connectivity index (χ3n) is 3.53. The molecule has 1 N–H and O–H groups in total. The largest absolute Gasteiger partial charge is 0.496 e. The van der Waals surface area contributed by atoms with E-state index >= 15 is 0 Å². The van der Waals surface area contributed by atoms with Crippen molar-refractivity contribution in [3.8, 4) is 5.75 Å². The van der Waals surface area contributed by atoms with Crippen LogP contribution in [0.1, 0.15) is 5.56 Å². The molecule has 0 saturated carbocycles. The first-order valence-corrected chi connectivity index (χ1v) is 6.48. The quantitative estimate of drug-likeness (QED) is 0.830. The molecule has 0 aliphatic carbocycles. The Morgan fingerprint density at radius 1 is 1.00 bits per heavy atom. The molecule has 0 spiro atoms. The van der Waals surface area contributed by atoms with Crippen molar-refractivity contribution in [2.24, 2.45) is 0 Å². The number of piperazine rings is 1. The zero-order valence-corrected chi connectivity index (χ0v) is 14.3. The van der Waals surface area contributed by atoms with Crippen LogP contribution in [0.2, 0.25) is 0 Å². The molecule has 0 unspecified atom stereocenters. The predicted octanol–water partition coefficient (Wildman–Crippen LogP) is 1.85. The topological polar surface area (TPSA) is 43.0 Å². The lowest BCUT2D eigenvalue weighted by atomic mass is 10.1. The van der Waals surface area contributed by atoms with Gasteiger partial charge >= 0.3 is 0 Å². The van der Waals surface area contributed by atoms with Gasteiger partial charge < -0.3 is 19.5 Å². The number of nitrogens with zero attached hydrogens (tertiary/aromatic N) is 1. The highest BCUT2D eigenvalue weighted by molar-refractivity contribution is 5.85. The summed E-state index contributed by atoms with van der Waals surface area (Å²) in [6, 6.07) is 7.81. The fourth-order valence-corrected chi connectivity index (χ4v) is 2.60. The minimum atomic E-state index is -0.894. The minimum Gasteiger partial charge on any atom is -0.496 e. The Balaban J connectivity index is 0.00000200. The molecule has 0 atom stereocenters. The molecule has 122 valence electrons. The van der Waals surface area contributed by atoms with E-state index in [1.54, 1.807) is 21.3 Å². The van der Waals surface area contributed by atoms with Crippen LogP contribution in [0, 0.1) is 0 Å². The molecule has 1 aromatic carbocycles. The van der Waals surface area contributed by atoms with Crippen LogP contribution in [-0.2, 0) is 15.4 Å². The van der Waals surface area contributed by atoms with E-state index in [-0.39, 0.29) is 24.8 Å². The molecule has 21 heavy (non-hydrogen) atoms. The zero-order chi connectivity index (χ0) is 13.7. The summed E-state index contributed by atoms with van der Waals surface area (Å²) in [6.07, 6.45) is 0. The molecule has 2 rings (SSSR count). The van der Waals surface area contributed by atoms with Gasteiger partial charge in [-0.05, 0) is 12.1 Å². The highest BCUT2D eigenvalue weighted by Crippen LogP contribution is 2.36. The molecule has 0 radical (unpaired) electrons. The number of halogens is 2. The Morgan fingerprint density at radius 3 is 2.10 bits per heavy atom. The predicted molar refractivity (Wildman–Crippen MR) is 87.6 cm³/mol. The molecule has 1 saturated heterocycles. The number of nitrogens with one attached hydrogen (secondary N) is 1. The molecule has 5 nitrogen and oxygen atoms in total. The number of hydrogen-bond acceptors (Lipinski definition) is 5. The van der Waals surface area contributed by atoms with Crippen molar-refractivity contribution in [3.63, 3.8) is 0 Å². The second-order valence-electron chi connectivity index (χ2n) is 4.43. The van der Waals surface area contributed by atoms with Crippen molar-refractivity contribution >= 4 is 24.8 Å². The molecule has 0 aromatic heterocycles. The summed E-state index contributed by atoms with van der Waals surface area (Å²) in [5.41, 5.74) is 0.893. The lowest BCUT2D eigenvalue weighted by molar-refractivity contribution is -0.309. The molecule has 1 heterocycles. The maximum atomic E-state index is 5.75. The number of para-hydroxylation sites is 1. The van der Waals surface area contributed by atoms with E-state index in [4.69, 9.17) is 14.2 Å². The van der Waals surface area contributed by atoms with Gasteiger partial charge in [0.05, 0.1) is 12.7 Å². The third-order valence-corrected chi connectivity index (χ3v) is 3.53. The van der Waals surface area contributed by atoms with Crippen molar-refractivity contribution in [1.29, 1.82) is 0 Å². The minimum absolute atomic E-state index is 0. The Labute approximate surface area is 138 Å². The van der Waals surface area contributed by atoms with Crippen LogP contribution in [0.4, 0.5) is 0 Å². The van der Waals surface area contributed by atoms with Gasteiger partial charge in [0.2, 0.25) is 0 Å². The fourth-order valence-electron chi connectivity index (χ4n) is 2.60. The van der Waals surface area contributed by atoms with Crippen molar-refractivity contribution in [1.82, 2.24) is 10.2 Å². The summed E-state index contributed by atoms with van der Waals surface area (Å²) in [5, 5.41) is 3.33. The van der Waals surface area contributed by atoms with Gasteiger partial charge in [-0.25, -0.2) is 4.90 Å². The van der Waals surface area contributed by atoms with Crippen LogP contribution in [0.5, 0.6) is 5.75 Å². The van der Waals surface area contributed by atoms with Crippen LogP contribution in [-0.4, -0.2) is 52.4 Å². The van der Waals surface area contributed by atoms with Crippen molar-refractivity contribution in [2.45, 2.75) is 5.91 Å². The van der Waals surface area contributed by atoms with E-state index in [1.165, 1.54) is 0 Å². The van der Waals surface area contributed by atoms with Gasteiger partial charge in [0.15, 0.2) is 0 Å². The van der Waals surface area contributed by atoms with E-state index in [1.807, 2.05) is 24.3 Å². The normalized spacial score (nSPS) is 15.8. The monoisotopic (exact) mass is 338 g/mol. The second kappa shape index (κ2) is 9.46. The third kappa shape index (κ3) is 4.00. The highest BCUT2D eigenvalue weighted by atomic mass is 35.5. The smallest absolute Gasteiger partial charge is 0.261 e. The lowest BCUT2D eigenvalue weighted by Gasteiger charge is -2.43. The van der Waals surface area contributed by atoms with Crippen LogP contribution < -0.4 is 10.1 Å². The van der Waals surface area contributed by atoms with Crippen molar-refractivity contribution in [2.75, 3.05) is 47.5 Å². The summed E-state index contributed by atoms with van der Waals surface area (Å²) in [4.78, 5) is 2.18. The fraction of sp³-hybridized carbons (Fsp3) is 0.571. The van der Waals surface area contributed by atoms with E-state index in [0.717, 1.165) is 37.5 Å². The average molecular weight is 339 g/mol. The first kappa shape index (κ1) is 20.4. The molecule has 1 aliphatic heterocycles. The number of hydrogen-bond donors (Lipinski definition) is 1. The molecular weight excluding hydrogens is 315 g/mol. The SMILES string of the molecule is COc1ccccc1C(OC)(OC)N1CCNCC1.Cl.Cl. The Bertz CT molecular complexity index is 411.